The lowest BCUT2D eigenvalue weighted by Crippen LogP contribution is -2.31. The first-order valence-corrected chi connectivity index (χ1v) is 10.4. The number of aromatic nitrogens is 1. The van der Waals surface area contributed by atoms with Crippen molar-refractivity contribution in [2.45, 2.75) is 31.0 Å². The molecule has 1 fully saturated rings. The maximum Gasteiger partial charge on any atom is 0.244 e. The number of nitriles is 1. The Morgan fingerprint density at radius 3 is 2.73 bits per heavy atom. The third kappa shape index (κ3) is 3.84. The number of anilines is 1. The van der Waals surface area contributed by atoms with Gasteiger partial charge in [0.1, 0.15) is 5.41 Å². The van der Waals surface area contributed by atoms with Gasteiger partial charge in [-0.2, -0.15) is 5.26 Å². The third-order valence-corrected chi connectivity index (χ3v) is 6.61. The molecular weight excluding hydrogens is 368 g/mol. The number of hydrogen-bond donors (Lipinski definition) is 1. The second-order valence-corrected chi connectivity index (χ2v) is 8.42. The lowest BCUT2D eigenvalue weighted by Gasteiger charge is -2.17. The van der Waals surface area contributed by atoms with E-state index in [-0.39, 0.29) is 11.8 Å². The molecule has 3 rings (SSSR count). The number of fused-ring (bicyclic) bond motifs is 1. The smallest absolute Gasteiger partial charge is 0.244 e. The van der Waals surface area contributed by atoms with Crippen molar-refractivity contribution in [3.8, 4) is 6.07 Å². The van der Waals surface area contributed by atoms with Gasteiger partial charge >= 0.3 is 0 Å². The number of thioether (sulfide) groups is 1. The van der Waals surface area contributed by atoms with Crippen LogP contribution >= 0.6 is 23.1 Å². The molecule has 1 N–H and O–H groups in total. The molecule has 1 aromatic carbocycles. The molecule has 1 aliphatic rings. The molecule has 2 amide bonds. The quantitative estimate of drug-likeness (QED) is 0.734. The number of nitrogens with one attached hydrogen (secondary N) is 1. The second-order valence-electron chi connectivity index (χ2n) is 6.17. The van der Waals surface area contributed by atoms with Crippen LogP contribution in [0.15, 0.2) is 22.5 Å². The standard InChI is InChI=1S/C18H20N4O2S2/c1-3-22(4-2)15(23)10-25-17-21-13-6-5-12(9-14(13)26-17)20-16(24)18(11-19)7-8-18/h5-6,9H,3-4,7-8,10H2,1-2H3,(H,20,24). The van der Waals surface area contributed by atoms with Crippen LogP contribution < -0.4 is 5.32 Å². The van der Waals surface area contributed by atoms with Crippen molar-refractivity contribution >= 4 is 50.8 Å². The molecule has 136 valence electrons. The molecule has 0 aliphatic heterocycles. The summed E-state index contributed by atoms with van der Waals surface area (Å²) in [6.45, 7) is 5.36. The maximum atomic E-state index is 12.2. The van der Waals surface area contributed by atoms with Gasteiger partial charge in [-0.1, -0.05) is 11.8 Å². The van der Waals surface area contributed by atoms with Gasteiger partial charge in [0.2, 0.25) is 11.8 Å². The average molecular weight is 389 g/mol. The van der Waals surface area contributed by atoms with Crippen molar-refractivity contribution in [3.63, 3.8) is 0 Å². The van der Waals surface area contributed by atoms with Gasteiger partial charge in [-0.05, 0) is 44.9 Å². The Hall–Kier alpha value is -2.11. The lowest BCUT2D eigenvalue weighted by atomic mass is 10.1. The van der Waals surface area contributed by atoms with Gasteiger partial charge in [-0.3, -0.25) is 9.59 Å². The summed E-state index contributed by atoms with van der Waals surface area (Å²) in [5.74, 6) is 0.247. The van der Waals surface area contributed by atoms with Gasteiger partial charge in [0.05, 0.1) is 22.0 Å². The van der Waals surface area contributed by atoms with E-state index in [1.54, 1.807) is 11.0 Å². The van der Waals surface area contributed by atoms with Crippen LogP contribution in [0.3, 0.4) is 0 Å². The Bertz CT molecular complexity index is 879. The van der Waals surface area contributed by atoms with Crippen LogP contribution in [0.2, 0.25) is 0 Å². The summed E-state index contributed by atoms with van der Waals surface area (Å²) in [7, 11) is 0. The molecule has 1 aromatic heterocycles. The lowest BCUT2D eigenvalue weighted by molar-refractivity contribution is -0.128. The summed E-state index contributed by atoms with van der Waals surface area (Å²) in [4.78, 5) is 30.6. The zero-order valence-corrected chi connectivity index (χ0v) is 16.4. The highest BCUT2D eigenvalue weighted by Gasteiger charge is 2.50. The molecule has 1 saturated carbocycles. The summed E-state index contributed by atoms with van der Waals surface area (Å²) < 4.78 is 1.78. The molecule has 0 radical (unpaired) electrons. The predicted octanol–water partition coefficient (Wildman–Crippen LogP) is 3.50. The SMILES string of the molecule is CCN(CC)C(=O)CSc1nc2ccc(NC(=O)C3(C#N)CC3)cc2s1. The van der Waals surface area contributed by atoms with Gasteiger partial charge in [0.15, 0.2) is 4.34 Å². The fourth-order valence-corrected chi connectivity index (χ4v) is 4.61. The van der Waals surface area contributed by atoms with Crippen molar-refractivity contribution in [1.82, 2.24) is 9.88 Å². The minimum atomic E-state index is -0.839. The normalized spacial score (nSPS) is 14.7. The van der Waals surface area contributed by atoms with Crippen molar-refractivity contribution in [1.29, 1.82) is 5.26 Å². The topological polar surface area (TPSA) is 86.1 Å². The summed E-state index contributed by atoms with van der Waals surface area (Å²) in [6.07, 6.45) is 1.25. The molecule has 8 heteroatoms. The number of amides is 2. The minimum Gasteiger partial charge on any atom is -0.343 e. The molecule has 0 bridgehead atoms. The van der Waals surface area contributed by atoms with E-state index in [1.165, 1.54) is 23.1 Å². The number of benzene rings is 1. The number of carbonyl (C=O) groups is 2. The van der Waals surface area contributed by atoms with E-state index in [4.69, 9.17) is 5.26 Å². The van der Waals surface area contributed by atoms with Crippen LogP contribution in [-0.4, -0.2) is 40.5 Å². The molecule has 0 saturated heterocycles. The molecule has 6 nitrogen and oxygen atoms in total. The van der Waals surface area contributed by atoms with Crippen LogP contribution in [0, 0.1) is 16.7 Å². The fourth-order valence-electron chi connectivity index (χ4n) is 2.60. The molecule has 1 heterocycles. The first-order chi connectivity index (χ1) is 12.5. The first kappa shape index (κ1) is 18.7. The Labute approximate surface area is 160 Å². The van der Waals surface area contributed by atoms with Crippen LogP contribution in [0.1, 0.15) is 26.7 Å². The van der Waals surface area contributed by atoms with Crippen LogP contribution in [0.25, 0.3) is 10.2 Å². The van der Waals surface area contributed by atoms with Gasteiger partial charge in [-0.15, -0.1) is 11.3 Å². The van der Waals surface area contributed by atoms with Crippen LogP contribution in [-0.2, 0) is 9.59 Å². The predicted molar refractivity (Wildman–Crippen MR) is 104 cm³/mol. The highest BCUT2D eigenvalue weighted by atomic mass is 32.2. The number of nitrogens with zero attached hydrogens (tertiary/aromatic N) is 3. The molecule has 0 spiro atoms. The minimum absolute atomic E-state index is 0.110. The van der Waals surface area contributed by atoms with Gasteiger partial charge < -0.3 is 10.2 Å². The summed E-state index contributed by atoms with van der Waals surface area (Å²) in [5, 5.41) is 11.9. The van der Waals surface area contributed by atoms with Gasteiger partial charge in [0.25, 0.3) is 0 Å². The monoisotopic (exact) mass is 388 g/mol. The highest BCUT2D eigenvalue weighted by Crippen LogP contribution is 2.45. The molecule has 1 aliphatic carbocycles. The van der Waals surface area contributed by atoms with Gasteiger partial charge in [-0.25, -0.2) is 4.98 Å². The Morgan fingerprint density at radius 2 is 2.12 bits per heavy atom. The average Bonchev–Trinajstić information content (AvgIpc) is 3.34. The van der Waals surface area contributed by atoms with Crippen molar-refractivity contribution in [2.24, 2.45) is 5.41 Å². The van der Waals surface area contributed by atoms with E-state index >= 15 is 0 Å². The van der Waals surface area contributed by atoms with Crippen molar-refractivity contribution in [2.75, 3.05) is 24.2 Å². The molecule has 2 aromatic rings. The molecular formula is C18H20N4O2S2. The number of thiazole rings is 1. The van der Waals surface area contributed by atoms with E-state index in [2.05, 4.69) is 16.4 Å². The summed E-state index contributed by atoms with van der Waals surface area (Å²) in [6, 6.07) is 7.61. The highest BCUT2D eigenvalue weighted by molar-refractivity contribution is 8.01. The maximum absolute atomic E-state index is 12.2. The molecule has 0 atom stereocenters. The van der Waals surface area contributed by atoms with Crippen molar-refractivity contribution < 1.29 is 9.59 Å². The Balaban J connectivity index is 1.67. The Kier molecular flexibility index (Phi) is 5.49. The number of carbonyl (C=O) groups excluding carboxylic acids is 2. The second kappa shape index (κ2) is 7.64. The number of rotatable bonds is 7. The van der Waals surface area contributed by atoms with E-state index < -0.39 is 5.41 Å². The van der Waals surface area contributed by atoms with E-state index in [0.717, 1.165) is 14.6 Å². The van der Waals surface area contributed by atoms with Crippen molar-refractivity contribution in [3.05, 3.63) is 18.2 Å². The Morgan fingerprint density at radius 1 is 1.38 bits per heavy atom. The van der Waals surface area contributed by atoms with Gasteiger partial charge in [0, 0.05) is 18.8 Å². The molecule has 0 unspecified atom stereocenters. The molecule has 26 heavy (non-hydrogen) atoms. The number of hydrogen-bond acceptors (Lipinski definition) is 6. The zero-order valence-electron chi connectivity index (χ0n) is 14.7. The van der Waals surface area contributed by atoms with E-state index in [1.807, 2.05) is 26.0 Å². The summed E-state index contributed by atoms with van der Waals surface area (Å²) in [5.41, 5.74) is 0.671. The first-order valence-electron chi connectivity index (χ1n) is 8.55. The van der Waals surface area contributed by atoms with E-state index in [0.29, 0.717) is 37.4 Å². The third-order valence-electron chi connectivity index (χ3n) is 4.46. The largest absolute Gasteiger partial charge is 0.343 e. The fraction of sp³-hybridized carbons (Fsp3) is 0.444. The summed E-state index contributed by atoms with van der Waals surface area (Å²) >= 11 is 2.94. The zero-order chi connectivity index (χ0) is 18.7. The van der Waals surface area contributed by atoms with Crippen LogP contribution in [0.4, 0.5) is 5.69 Å². The van der Waals surface area contributed by atoms with Crippen LogP contribution in [0.5, 0.6) is 0 Å². The van der Waals surface area contributed by atoms with E-state index in [9.17, 15) is 9.59 Å².